The quantitative estimate of drug-likeness (QED) is 0.0188. The molecule has 0 aromatic carbocycles. The zero-order valence-corrected chi connectivity index (χ0v) is 49.7. The van der Waals surface area contributed by atoms with Crippen LogP contribution in [0.25, 0.3) is 0 Å². The zero-order chi connectivity index (χ0) is 56.9. The lowest BCUT2D eigenvalue weighted by Gasteiger charge is -2.21. The molecule has 0 aliphatic heterocycles. The Hall–Kier alpha value is -2.71. The molecule has 6 atom stereocenters. The largest absolute Gasteiger partial charge is 0.472 e. The minimum atomic E-state index is -4.65. The van der Waals surface area contributed by atoms with Gasteiger partial charge in [0.25, 0.3) is 0 Å². The highest BCUT2D eigenvalue weighted by atomic mass is 31.2. The van der Waals surface area contributed by atoms with E-state index < -0.39 is 72.1 Å². The Morgan fingerprint density at radius 2 is 0.737 bits per heavy atom. The maximum absolute atomic E-state index is 12.8. The third-order valence-electron chi connectivity index (χ3n) is 12.0. The predicted octanol–water partition coefficient (Wildman–Crippen LogP) is 10.1. The summed E-state index contributed by atoms with van der Waals surface area (Å²) in [6, 6.07) is -2.33. The van der Waals surface area contributed by atoms with Crippen molar-refractivity contribution in [1.82, 2.24) is 21.3 Å². The minimum absolute atomic E-state index is 0.0489. The van der Waals surface area contributed by atoms with E-state index >= 15 is 0 Å². The van der Waals surface area contributed by atoms with Gasteiger partial charge in [0.2, 0.25) is 11.8 Å². The number of ether oxygens (including phenoxy) is 4. The van der Waals surface area contributed by atoms with Gasteiger partial charge in [-0.05, 0) is 38.5 Å². The van der Waals surface area contributed by atoms with Crippen molar-refractivity contribution < 1.29 is 79.9 Å². The van der Waals surface area contributed by atoms with E-state index in [1.54, 1.807) is 13.8 Å². The predicted molar refractivity (Wildman–Crippen MR) is 293 cm³/mol. The smallest absolute Gasteiger partial charge is 0.463 e. The van der Waals surface area contributed by atoms with Gasteiger partial charge in [-0.25, -0.2) is 13.9 Å². The molecule has 21 nitrogen and oxygen atoms in total. The number of amides is 4. The summed E-state index contributed by atoms with van der Waals surface area (Å²) in [5, 5.41) is 10.4. The SMILES string of the molecule is CC(=O)O[C@H](C)CCOC[C@H](COP(=O)(O)OCCNC(=O)NCCOP(=O)(O)OC[C@@H](COCC[C@@H](C)OC(C)=O)NC(=O)CCCCCCCCCCCC(C)C)NC(=O)CCCCCCCCCCCC(C)C. The first-order chi connectivity index (χ1) is 36.1. The van der Waals surface area contributed by atoms with Crippen LogP contribution in [0.3, 0.4) is 0 Å². The third-order valence-corrected chi connectivity index (χ3v) is 13.9. The molecule has 6 N–H and O–H groups in total. The number of phosphoric acid groups is 2. The van der Waals surface area contributed by atoms with Gasteiger partial charge < -0.3 is 50.0 Å². The van der Waals surface area contributed by atoms with Crippen LogP contribution in [0.4, 0.5) is 4.79 Å². The summed E-state index contributed by atoms with van der Waals surface area (Å²) in [7, 11) is -9.29. The van der Waals surface area contributed by atoms with E-state index in [1.807, 2.05) is 0 Å². The molecule has 0 radical (unpaired) electrons. The lowest BCUT2D eigenvalue weighted by Crippen LogP contribution is -2.41. The summed E-state index contributed by atoms with van der Waals surface area (Å²) in [6.45, 7) is 13.2. The lowest BCUT2D eigenvalue weighted by molar-refractivity contribution is -0.147. The van der Waals surface area contributed by atoms with Crippen molar-refractivity contribution in [2.45, 2.75) is 234 Å². The number of carbonyl (C=O) groups is 5. The molecule has 0 spiro atoms. The van der Waals surface area contributed by atoms with Crippen molar-refractivity contribution in [3.05, 3.63) is 0 Å². The molecular formula is C53H104N4O17P2. The van der Waals surface area contributed by atoms with Crippen molar-refractivity contribution in [1.29, 1.82) is 0 Å². The van der Waals surface area contributed by atoms with Gasteiger partial charge in [-0.15, -0.1) is 0 Å². The highest BCUT2D eigenvalue weighted by molar-refractivity contribution is 7.47. The Labute approximate surface area is 456 Å². The minimum Gasteiger partial charge on any atom is -0.463 e. The van der Waals surface area contributed by atoms with E-state index in [2.05, 4.69) is 49.0 Å². The molecule has 76 heavy (non-hydrogen) atoms. The molecule has 0 aliphatic carbocycles. The van der Waals surface area contributed by atoms with E-state index in [0.717, 1.165) is 50.4 Å². The topological polar surface area (TPSA) is 282 Å². The number of phosphoric ester groups is 2. The Kier molecular flexibility index (Phi) is 45.5. The second-order valence-corrected chi connectivity index (χ2v) is 23.6. The second kappa shape index (κ2) is 47.1. The molecule has 4 amide bonds. The third kappa shape index (κ3) is 50.8. The Morgan fingerprint density at radius 3 is 1.05 bits per heavy atom. The summed E-state index contributed by atoms with van der Waals surface area (Å²) in [5.74, 6) is 0.154. The number of hydrogen-bond acceptors (Lipinski definition) is 15. The molecule has 0 aromatic heterocycles. The van der Waals surface area contributed by atoms with Gasteiger partial charge in [0.15, 0.2) is 0 Å². The fourth-order valence-corrected chi connectivity index (χ4v) is 9.33. The number of urea groups is 1. The lowest BCUT2D eigenvalue weighted by atomic mass is 10.0. The molecule has 0 aromatic rings. The maximum Gasteiger partial charge on any atom is 0.472 e. The van der Waals surface area contributed by atoms with E-state index in [-0.39, 0.29) is 76.4 Å². The van der Waals surface area contributed by atoms with Gasteiger partial charge in [0.1, 0.15) is 12.2 Å². The molecule has 0 fully saturated rings. The average Bonchev–Trinajstić information content (AvgIpc) is 3.33. The number of nitrogens with one attached hydrogen (secondary N) is 4. The van der Waals surface area contributed by atoms with E-state index in [1.165, 1.54) is 90.9 Å². The Morgan fingerprint density at radius 1 is 0.421 bits per heavy atom. The first kappa shape index (κ1) is 73.3. The van der Waals surface area contributed by atoms with Crippen molar-refractivity contribution in [2.24, 2.45) is 11.8 Å². The first-order valence-electron chi connectivity index (χ1n) is 28.4. The molecule has 0 saturated heterocycles. The van der Waals surface area contributed by atoms with Crippen LogP contribution in [0.2, 0.25) is 0 Å². The van der Waals surface area contributed by atoms with Crippen molar-refractivity contribution >= 4 is 45.4 Å². The molecule has 0 bridgehead atoms. The van der Waals surface area contributed by atoms with Crippen LogP contribution < -0.4 is 21.3 Å². The molecule has 23 heteroatoms. The van der Waals surface area contributed by atoms with Crippen LogP contribution in [0.5, 0.6) is 0 Å². The van der Waals surface area contributed by atoms with Gasteiger partial charge in [0.05, 0.1) is 64.9 Å². The maximum atomic E-state index is 12.8. The number of carbonyl (C=O) groups excluding carboxylic acids is 5. The number of hydrogen-bond donors (Lipinski definition) is 6. The number of rotatable bonds is 52. The van der Waals surface area contributed by atoms with E-state index in [0.29, 0.717) is 25.7 Å². The summed E-state index contributed by atoms with van der Waals surface area (Å²) in [5.41, 5.74) is 0. The summed E-state index contributed by atoms with van der Waals surface area (Å²) < 4.78 is 67.4. The van der Waals surface area contributed by atoms with Crippen LogP contribution in [-0.2, 0) is 65.4 Å². The van der Waals surface area contributed by atoms with Gasteiger partial charge in [-0.3, -0.25) is 37.3 Å². The highest BCUT2D eigenvalue weighted by Crippen LogP contribution is 2.43. The average molecular weight is 1130 g/mol. The normalized spacial score (nSPS) is 14.8. The molecule has 0 rings (SSSR count). The van der Waals surface area contributed by atoms with Crippen molar-refractivity contribution in [3.63, 3.8) is 0 Å². The van der Waals surface area contributed by atoms with E-state index in [4.69, 9.17) is 37.0 Å². The summed E-state index contributed by atoms with van der Waals surface area (Å²) >= 11 is 0. The molecule has 2 unspecified atom stereocenters. The standard InChI is InChI=1S/C53H104N4O17P2/c1-43(2)27-23-19-15-11-9-13-17-21-25-29-51(60)56-49(39-67-35-31-45(5)73-47(7)58)41-71-75(63,64)69-37-33-54-53(62)55-34-38-70-76(65,66)72-42-50(40-68-36-32-46(6)74-48(8)59)57-52(61)30-26-22-18-14-10-12-16-20-24-28-44(3)4/h43-46,49-50H,9-42H2,1-8H3,(H,56,60)(H,57,61)(H,63,64)(H,65,66)(H2,54,55,62)/t45-,46-,49-,50-/m1/s1. The fourth-order valence-electron chi connectivity index (χ4n) is 7.80. The monoisotopic (exact) mass is 1130 g/mol. The summed E-state index contributed by atoms with van der Waals surface area (Å²) in [6.07, 6.45) is 23.1. The first-order valence-corrected chi connectivity index (χ1v) is 31.4. The number of esters is 2. The number of unbranched alkanes of at least 4 members (excludes halogenated alkanes) is 16. The van der Waals surface area contributed by atoms with Crippen LogP contribution >= 0.6 is 15.6 Å². The Bertz CT molecular complexity index is 1500. The van der Waals surface area contributed by atoms with E-state index in [9.17, 15) is 42.9 Å². The zero-order valence-electron chi connectivity index (χ0n) is 47.9. The van der Waals surface area contributed by atoms with Crippen LogP contribution in [0.15, 0.2) is 0 Å². The molecule has 448 valence electrons. The van der Waals surface area contributed by atoms with Crippen LogP contribution in [-0.4, -0.2) is 130 Å². The van der Waals surface area contributed by atoms with Gasteiger partial charge >= 0.3 is 33.6 Å². The fraction of sp³-hybridized carbons (Fsp3) is 0.906. The van der Waals surface area contributed by atoms with Gasteiger partial charge in [0, 0.05) is 52.6 Å². The Balaban J connectivity index is 4.80. The van der Waals surface area contributed by atoms with Crippen molar-refractivity contribution in [3.8, 4) is 0 Å². The highest BCUT2D eigenvalue weighted by Gasteiger charge is 2.26. The molecule has 0 heterocycles. The summed E-state index contributed by atoms with van der Waals surface area (Å²) in [4.78, 5) is 81.2. The molecular weight excluding hydrogens is 1030 g/mol. The van der Waals surface area contributed by atoms with Crippen LogP contribution in [0.1, 0.15) is 209 Å². The van der Waals surface area contributed by atoms with Crippen LogP contribution in [0, 0.1) is 11.8 Å². The van der Waals surface area contributed by atoms with Gasteiger partial charge in [-0.1, -0.05) is 143 Å². The molecule has 0 saturated carbocycles. The van der Waals surface area contributed by atoms with Crippen molar-refractivity contribution in [2.75, 3.05) is 65.9 Å². The van der Waals surface area contributed by atoms with Gasteiger partial charge in [-0.2, -0.15) is 0 Å². The molecule has 0 aliphatic rings. The second-order valence-electron chi connectivity index (χ2n) is 20.7.